The molecule has 0 fully saturated rings. The minimum absolute atomic E-state index is 0.0657. The molecule has 0 heterocycles. The lowest BCUT2D eigenvalue weighted by Gasteiger charge is -2.23. The van der Waals surface area contributed by atoms with Crippen molar-refractivity contribution < 1.29 is 23.5 Å². The van der Waals surface area contributed by atoms with Crippen LogP contribution in [0.4, 0.5) is 4.39 Å². The fourth-order valence-corrected chi connectivity index (χ4v) is 4.61. The maximum Gasteiger partial charge on any atom is 0.245 e. The molecule has 41 heavy (non-hydrogen) atoms. The Labute approximate surface area is 239 Å². The van der Waals surface area contributed by atoms with Crippen molar-refractivity contribution in [2.45, 2.75) is 37.9 Å². The molecule has 2 atom stereocenters. The molecule has 0 aromatic heterocycles. The molecule has 0 aliphatic carbocycles. The number of hydrogen-bond donors (Lipinski definition) is 3. The summed E-state index contributed by atoms with van der Waals surface area (Å²) in [6.45, 7) is 0.192. The van der Waals surface area contributed by atoms with Gasteiger partial charge in [0.1, 0.15) is 17.9 Å². The van der Waals surface area contributed by atoms with Crippen LogP contribution in [0.3, 0.4) is 0 Å². The summed E-state index contributed by atoms with van der Waals surface area (Å²) in [6.07, 6.45) is 0.856. The van der Waals surface area contributed by atoms with Gasteiger partial charge in [0.05, 0.1) is 6.61 Å². The molecule has 4 aromatic carbocycles. The number of rotatable bonds is 13. The number of benzene rings is 4. The van der Waals surface area contributed by atoms with Crippen LogP contribution < -0.4 is 16.0 Å². The molecule has 3 N–H and O–H groups in total. The number of carbonyl (C=O) groups is 3. The first-order valence-electron chi connectivity index (χ1n) is 13.5. The van der Waals surface area contributed by atoms with Gasteiger partial charge in [-0.05, 0) is 46.0 Å². The third kappa shape index (κ3) is 8.71. The number of carbonyl (C=O) groups excluding carboxylic acids is 3. The Kier molecular flexibility index (Phi) is 10.6. The fraction of sp³-hybridized carbons (Fsp3) is 0.242. The van der Waals surface area contributed by atoms with E-state index >= 15 is 0 Å². The minimum atomic E-state index is -0.996. The van der Waals surface area contributed by atoms with Crippen LogP contribution in [0.15, 0.2) is 97.1 Å². The van der Waals surface area contributed by atoms with Crippen LogP contribution in [-0.2, 0) is 38.5 Å². The number of fused-ring (bicyclic) bond motifs is 1. The Morgan fingerprint density at radius 1 is 0.756 bits per heavy atom. The smallest absolute Gasteiger partial charge is 0.245 e. The molecule has 3 amide bonds. The standard InChI is InChI=1S/C33H34FN3O4/c1-41-22-30(36-31(38)19-16-23-8-3-2-4-9-23)33(40)37-29(20-24-14-17-27(34)18-15-24)32(39)35-21-26-12-7-11-25-10-5-6-13-28(25)26/h2-15,17-18,29-30H,16,19-22H2,1H3,(H,35,39)(H,36,38)(H,37,40). The Hall–Kier alpha value is -4.56. The second-order valence-corrected chi connectivity index (χ2v) is 9.81. The topological polar surface area (TPSA) is 96.5 Å². The van der Waals surface area contributed by atoms with Gasteiger partial charge in [0.2, 0.25) is 17.7 Å². The van der Waals surface area contributed by atoms with E-state index in [2.05, 4.69) is 16.0 Å². The number of amides is 3. The lowest BCUT2D eigenvalue weighted by atomic mass is 10.0. The highest BCUT2D eigenvalue weighted by Gasteiger charge is 2.27. The van der Waals surface area contributed by atoms with E-state index < -0.39 is 29.7 Å². The van der Waals surface area contributed by atoms with Crippen LogP contribution in [0.1, 0.15) is 23.1 Å². The van der Waals surface area contributed by atoms with E-state index in [0.717, 1.165) is 21.9 Å². The van der Waals surface area contributed by atoms with E-state index in [1.54, 1.807) is 12.1 Å². The molecule has 4 aromatic rings. The van der Waals surface area contributed by atoms with E-state index in [-0.39, 0.29) is 31.9 Å². The first-order valence-corrected chi connectivity index (χ1v) is 13.5. The second kappa shape index (κ2) is 14.7. The molecule has 2 unspecified atom stereocenters. The summed E-state index contributed by atoms with van der Waals surface area (Å²) in [5, 5.41) is 10.5. The number of methoxy groups -OCH3 is 1. The van der Waals surface area contributed by atoms with Gasteiger partial charge < -0.3 is 20.7 Å². The van der Waals surface area contributed by atoms with Crippen LogP contribution in [0, 0.1) is 5.82 Å². The van der Waals surface area contributed by atoms with Gasteiger partial charge in [0, 0.05) is 26.5 Å². The summed E-state index contributed by atoms with van der Waals surface area (Å²) in [5.74, 6) is -1.65. The maximum atomic E-state index is 13.5. The van der Waals surface area contributed by atoms with E-state index in [9.17, 15) is 18.8 Å². The predicted molar refractivity (Wildman–Crippen MR) is 156 cm³/mol. The first-order chi connectivity index (χ1) is 19.9. The Bertz CT molecular complexity index is 1460. The zero-order valence-electron chi connectivity index (χ0n) is 22.9. The zero-order chi connectivity index (χ0) is 29.0. The molecule has 7 nitrogen and oxygen atoms in total. The van der Waals surface area contributed by atoms with Crippen molar-refractivity contribution in [3.8, 4) is 0 Å². The van der Waals surface area contributed by atoms with E-state index in [0.29, 0.717) is 12.0 Å². The number of aryl methyl sites for hydroxylation is 1. The van der Waals surface area contributed by atoms with Gasteiger partial charge in [-0.1, -0.05) is 84.9 Å². The molecule has 0 bridgehead atoms. The molecule has 4 rings (SSSR count). The molecule has 0 saturated carbocycles. The van der Waals surface area contributed by atoms with Crippen molar-refractivity contribution in [3.05, 3.63) is 120 Å². The van der Waals surface area contributed by atoms with Crippen molar-refractivity contribution in [2.24, 2.45) is 0 Å². The Balaban J connectivity index is 1.44. The zero-order valence-corrected chi connectivity index (χ0v) is 22.9. The average molecular weight is 556 g/mol. The van der Waals surface area contributed by atoms with Crippen LogP contribution in [0.5, 0.6) is 0 Å². The highest BCUT2D eigenvalue weighted by atomic mass is 19.1. The molecule has 212 valence electrons. The van der Waals surface area contributed by atoms with Gasteiger partial charge in [0.15, 0.2) is 0 Å². The van der Waals surface area contributed by atoms with Crippen molar-refractivity contribution in [2.75, 3.05) is 13.7 Å². The van der Waals surface area contributed by atoms with Crippen LogP contribution in [-0.4, -0.2) is 43.5 Å². The number of halogens is 1. The molecular weight excluding hydrogens is 521 g/mol. The molecule has 0 spiro atoms. The largest absolute Gasteiger partial charge is 0.382 e. The fourth-order valence-electron chi connectivity index (χ4n) is 4.61. The summed E-state index contributed by atoms with van der Waals surface area (Å²) in [7, 11) is 1.43. The molecule has 0 radical (unpaired) electrons. The minimum Gasteiger partial charge on any atom is -0.382 e. The van der Waals surface area contributed by atoms with Crippen LogP contribution in [0.2, 0.25) is 0 Å². The van der Waals surface area contributed by atoms with Gasteiger partial charge in [-0.25, -0.2) is 4.39 Å². The molecule has 8 heteroatoms. The van der Waals surface area contributed by atoms with Gasteiger partial charge in [-0.2, -0.15) is 0 Å². The monoisotopic (exact) mass is 555 g/mol. The number of ether oxygens (including phenoxy) is 1. The molecular formula is C33H34FN3O4. The van der Waals surface area contributed by atoms with Gasteiger partial charge in [0.25, 0.3) is 0 Å². The third-order valence-electron chi connectivity index (χ3n) is 6.79. The maximum absolute atomic E-state index is 13.5. The summed E-state index contributed by atoms with van der Waals surface area (Å²) >= 11 is 0. The number of nitrogens with one attached hydrogen (secondary N) is 3. The predicted octanol–water partition coefficient (Wildman–Crippen LogP) is 4.09. The average Bonchev–Trinajstić information content (AvgIpc) is 2.99. The summed E-state index contributed by atoms with van der Waals surface area (Å²) in [6, 6.07) is 27.1. The van der Waals surface area contributed by atoms with Crippen molar-refractivity contribution >= 4 is 28.5 Å². The summed E-state index contributed by atoms with van der Waals surface area (Å²) in [5.41, 5.74) is 2.62. The van der Waals surface area contributed by atoms with Crippen LogP contribution in [0.25, 0.3) is 10.8 Å². The first kappa shape index (κ1) is 29.4. The number of hydrogen-bond acceptors (Lipinski definition) is 4. The summed E-state index contributed by atoms with van der Waals surface area (Å²) in [4.78, 5) is 39.4. The van der Waals surface area contributed by atoms with Crippen molar-refractivity contribution in [3.63, 3.8) is 0 Å². The van der Waals surface area contributed by atoms with Crippen LogP contribution >= 0.6 is 0 Å². The molecule has 0 saturated heterocycles. The Morgan fingerprint density at radius 3 is 2.22 bits per heavy atom. The molecule has 0 aliphatic heterocycles. The normalized spacial score (nSPS) is 12.3. The SMILES string of the molecule is COCC(NC(=O)CCc1ccccc1)C(=O)NC(Cc1ccc(F)cc1)C(=O)NCc1cccc2ccccc12. The van der Waals surface area contributed by atoms with Gasteiger partial charge in [-0.15, -0.1) is 0 Å². The third-order valence-corrected chi connectivity index (χ3v) is 6.79. The lowest BCUT2D eigenvalue weighted by molar-refractivity contribution is -0.133. The van der Waals surface area contributed by atoms with E-state index in [1.807, 2.05) is 72.8 Å². The quantitative estimate of drug-likeness (QED) is 0.232. The van der Waals surface area contributed by atoms with Gasteiger partial charge >= 0.3 is 0 Å². The second-order valence-electron chi connectivity index (χ2n) is 9.81. The Morgan fingerprint density at radius 2 is 1.46 bits per heavy atom. The summed E-state index contributed by atoms with van der Waals surface area (Å²) < 4.78 is 18.7. The van der Waals surface area contributed by atoms with E-state index in [1.165, 1.54) is 19.2 Å². The van der Waals surface area contributed by atoms with Crippen molar-refractivity contribution in [1.29, 1.82) is 0 Å². The van der Waals surface area contributed by atoms with Gasteiger partial charge in [-0.3, -0.25) is 14.4 Å². The lowest BCUT2D eigenvalue weighted by Crippen LogP contribution is -2.55. The highest BCUT2D eigenvalue weighted by molar-refractivity contribution is 5.92. The van der Waals surface area contributed by atoms with E-state index in [4.69, 9.17) is 4.74 Å². The highest BCUT2D eigenvalue weighted by Crippen LogP contribution is 2.18. The molecule has 0 aliphatic rings. The van der Waals surface area contributed by atoms with Crippen molar-refractivity contribution in [1.82, 2.24) is 16.0 Å².